The van der Waals surface area contributed by atoms with Crippen LogP contribution < -0.4 is 10.6 Å². The van der Waals surface area contributed by atoms with Crippen LogP contribution in [0.3, 0.4) is 0 Å². The van der Waals surface area contributed by atoms with Gasteiger partial charge in [-0.15, -0.1) is 0 Å². The van der Waals surface area contributed by atoms with Gasteiger partial charge in [-0.3, -0.25) is 9.59 Å². The first-order valence-corrected chi connectivity index (χ1v) is 5.94. The molecule has 2 amide bonds. The Morgan fingerprint density at radius 2 is 1.79 bits per heavy atom. The van der Waals surface area contributed by atoms with Crippen molar-refractivity contribution in [1.29, 1.82) is 0 Å². The molecule has 0 radical (unpaired) electrons. The van der Waals surface area contributed by atoms with Gasteiger partial charge in [0.15, 0.2) is 6.10 Å². The highest BCUT2D eigenvalue weighted by Gasteiger charge is 2.25. The topological polar surface area (TPSA) is 105 Å². The SMILES string of the molecule is COC(CNC(=O)C(C)NC(=O)C(C)(C)C)C(=O)O. The van der Waals surface area contributed by atoms with Crippen LogP contribution in [-0.2, 0) is 19.1 Å². The summed E-state index contributed by atoms with van der Waals surface area (Å²) in [6.07, 6.45) is -1.10. The number of nitrogens with one attached hydrogen (secondary N) is 2. The zero-order valence-corrected chi connectivity index (χ0v) is 11.9. The minimum atomic E-state index is -1.16. The van der Waals surface area contributed by atoms with Gasteiger partial charge in [0.2, 0.25) is 11.8 Å². The highest BCUT2D eigenvalue weighted by molar-refractivity contribution is 5.89. The van der Waals surface area contributed by atoms with Gasteiger partial charge in [0, 0.05) is 12.5 Å². The quantitative estimate of drug-likeness (QED) is 0.619. The third-order valence-electron chi connectivity index (χ3n) is 2.44. The van der Waals surface area contributed by atoms with Crippen molar-refractivity contribution in [1.82, 2.24) is 10.6 Å². The number of methoxy groups -OCH3 is 1. The van der Waals surface area contributed by atoms with Crippen molar-refractivity contribution in [2.24, 2.45) is 5.41 Å². The van der Waals surface area contributed by atoms with Gasteiger partial charge < -0.3 is 20.5 Å². The Morgan fingerprint density at radius 3 is 2.16 bits per heavy atom. The Morgan fingerprint density at radius 1 is 1.26 bits per heavy atom. The van der Waals surface area contributed by atoms with Crippen LogP contribution in [0.25, 0.3) is 0 Å². The summed E-state index contributed by atoms with van der Waals surface area (Å²) in [4.78, 5) is 34.0. The van der Waals surface area contributed by atoms with Gasteiger partial charge in [-0.1, -0.05) is 20.8 Å². The van der Waals surface area contributed by atoms with Crippen molar-refractivity contribution >= 4 is 17.8 Å². The second-order valence-electron chi connectivity index (χ2n) is 5.25. The molecule has 110 valence electrons. The van der Waals surface area contributed by atoms with Gasteiger partial charge in [-0.25, -0.2) is 4.79 Å². The second kappa shape index (κ2) is 7.08. The van der Waals surface area contributed by atoms with Crippen molar-refractivity contribution in [3.63, 3.8) is 0 Å². The Kier molecular flexibility index (Phi) is 6.47. The molecule has 0 aromatic carbocycles. The van der Waals surface area contributed by atoms with Gasteiger partial charge in [0.1, 0.15) is 6.04 Å². The van der Waals surface area contributed by atoms with Crippen LogP contribution in [0, 0.1) is 5.41 Å². The number of aliphatic carboxylic acids is 1. The first-order valence-electron chi connectivity index (χ1n) is 5.94. The fraction of sp³-hybridized carbons (Fsp3) is 0.750. The van der Waals surface area contributed by atoms with Crippen molar-refractivity contribution in [3.8, 4) is 0 Å². The highest BCUT2D eigenvalue weighted by atomic mass is 16.5. The third-order valence-corrected chi connectivity index (χ3v) is 2.44. The average molecular weight is 274 g/mol. The number of amides is 2. The van der Waals surface area contributed by atoms with E-state index in [1.165, 1.54) is 14.0 Å². The lowest BCUT2D eigenvalue weighted by atomic mass is 9.95. The van der Waals surface area contributed by atoms with Gasteiger partial charge in [0.05, 0.1) is 6.54 Å². The number of hydrogen-bond acceptors (Lipinski definition) is 4. The first kappa shape index (κ1) is 17.4. The van der Waals surface area contributed by atoms with Crippen LogP contribution in [0.15, 0.2) is 0 Å². The molecule has 7 heteroatoms. The number of carboxylic acid groups (broad SMARTS) is 1. The molecule has 0 aliphatic carbocycles. The van der Waals surface area contributed by atoms with E-state index in [9.17, 15) is 14.4 Å². The van der Waals surface area contributed by atoms with E-state index in [-0.39, 0.29) is 12.5 Å². The molecule has 19 heavy (non-hydrogen) atoms. The summed E-state index contributed by atoms with van der Waals surface area (Å²) in [6.45, 7) is 6.58. The maximum atomic E-state index is 11.7. The number of rotatable bonds is 6. The van der Waals surface area contributed by atoms with E-state index in [4.69, 9.17) is 5.11 Å². The average Bonchev–Trinajstić information content (AvgIpc) is 2.27. The van der Waals surface area contributed by atoms with Crippen LogP contribution in [-0.4, -0.2) is 48.7 Å². The molecule has 0 aromatic rings. The summed E-state index contributed by atoms with van der Waals surface area (Å²) in [5, 5.41) is 13.7. The van der Waals surface area contributed by atoms with Crippen molar-refractivity contribution in [2.45, 2.75) is 39.8 Å². The van der Waals surface area contributed by atoms with Crippen molar-refractivity contribution in [2.75, 3.05) is 13.7 Å². The normalized spacial score (nSPS) is 14.4. The molecule has 0 aromatic heterocycles. The Hall–Kier alpha value is -1.63. The highest BCUT2D eigenvalue weighted by Crippen LogP contribution is 2.12. The minimum absolute atomic E-state index is 0.152. The zero-order chi connectivity index (χ0) is 15.2. The Labute approximate surface area is 112 Å². The smallest absolute Gasteiger partial charge is 0.334 e. The van der Waals surface area contributed by atoms with Crippen molar-refractivity contribution < 1.29 is 24.2 Å². The number of carboxylic acids is 1. The maximum Gasteiger partial charge on any atom is 0.334 e. The van der Waals surface area contributed by atoms with E-state index in [1.54, 1.807) is 20.8 Å². The van der Waals surface area contributed by atoms with Crippen LogP contribution in [0.4, 0.5) is 0 Å². The fourth-order valence-electron chi connectivity index (χ4n) is 1.10. The molecule has 0 aliphatic heterocycles. The molecular weight excluding hydrogens is 252 g/mol. The summed E-state index contributed by atoms with van der Waals surface area (Å²) in [5.41, 5.74) is -0.593. The van der Waals surface area contributed by atoms with E-state index >= 15 is 0 Å². The van der Waals surface area contributed by atoms with E-state index < -0.39 is 29.4 Å². The standard InChI is InChI=1S/C12H22N2O5/c1-7(14-11(18)12(2,3)4)9(15)13-6-8(19-5)10(16)17/h7-8H,6H2,1-5H3,(H,13,15)(H,14,18)(H,16,17). The summed E-state index contributed by atoms with van der Waals surface area (Å²) in [7, 11) is 1.25. The minimum Gasteiger partial charge on any atom is -0.479 e. The van der Waals surface area contributed by atoms with Gasteiger partial charge in [-0.05, 0) is 6.92 Å². The monoisotopic (exact) mass is 274 g/mol. The molecule has 0 heterocycles. The van der Waals surface area contributed by atoms with Crippen LogP contribution in [0.5, 0.6) is 0 Å². The van der Waals surface area contributed by atoms with Gasteiger partial charge >= 0.3 is 5.97 Å². The Balaban J connectivity index is 4.29. The van der Waals surface area contributed by atoms with E-state index in [0.717, 1.165) is 0 Å². The molecule has 2 atom stereocenters. The first-order chi connectivity index (χ1) is 8.59. The molecule has 0 aliphatic rings. The fourth-order valence-corrected chi connectivity index (χ4v) is 1.10. The van der Waals surface area contributed by atoms with E-state index in [1.807, 2.05) is 0 Å². The summed E-state index contributed by atoms with van der Waals surface area (Å²) in [6, 6.07) is -0.738. The molecule has 2 unspecified atom stereocenters. The number of carbonyl (C=O) groups excluding carboxylic acids is 2. The largest absolute Gasteiger partial charge is 0.479 e. The third kappa shape index (κ3) is 6.19. The molecule has 0 rings (SSSR count). The Bertz CT molecular complexity index is 349. The van der Waals surface area contributed by atoms with Crippen LogP contribution in [0.2, 0.25) is 0 Å². The molecule has 0 bridgehead atoms. The summed E-state index contributed by atoms with van der Waals surface area (Å²) in [5.74, 6) is -1.87. The second-order valence-corrected chi connectivity index (χ2v) is 5.25. The lowest BCUT2D eigenvalue weighted by Gasteiger charge is -2.22. The maximum absolute atomic E-state index is 11.7. The lowest BCUT2D eigenvalue weighted by Crippen LogP contribution is -2.50. The van der Waals surface area contributed by atoms with Gasteiger partial charge in [-0.2, -0.15) is 0 Å². The molecule has 3 N–H and O–H groups in total. The molecule has 0 fully saturated rings. The lowest BCUT2D eigenvalue weighted by molar-refractivity contribution is -0.148. The predicted molar refractivity (Wildman–Crippen MR) is 68.5 cm³/mol. The van der Waals surface area contributed by atoms with E-state index in [0.29, 0.717) is 0 Å². The molecule has 0 saturated carbocycles. The zero-order valence-electron chi connectivity index (χ0n) is 11.9. The van der Waals surface area contributed by atoms with Crippen LogP contribution in [0.1, 0.15) is 27.7 Å². The number of carbonyl (C=O) groups is 3. The molecular formula is C12H22N2O5. The summed E-state index contributed by atoms with van der Waals surface area (Å²) >= 11 is 0. The molecule has 0 spiro atoms. The van der Waals surface area contributed by atoms with Crippen molar-refractivity contribution in [3.05, 3.63) is 0 Å². The molecule has 0 saturated heterocycles. The van der Waals surface area contributed by atoms with E-state index in [2.05, 4.69) is 15.4 Å². The molecule has 7 nitrogen and oxygen atoms in total. The summed E-state index contributed by atoms with van der Waals surface area (Å²) < 4.78 is 4.68. The number of hydrogen-bond donors (Lipinski definition) is 3. The van der Waals surface area contributed by atoms with Crippen LogP contribution >= 0.6 is 0 Å². The van der Waals surface area contributed by atoms with Gasteiger partial charge in [0.25, 0.3) is 0 Å². The number of ether oxygens (including phenoxy) is 1. The predicted octanol–water partition coefficient (Wildman–Crippen LogP) is -0.247.